The van der Waals surface area contributed by atoms with E-state index in [0.29, 0.717) is 17.0 Å². The smallest absolute Gasteiger partial charge is 0.263 e. The molecule has 22 heavy (non-hydrogen) atoms. The van der Waals surface area contributed by atoms with Gasteiger partial charge in [-0.25, -0.2) is 4.98 Å². The largest absolute Gasteiger partial charge is 0.354 e. The van der Waals surface area contributed by atoms with Gasteiger partial charge in [0.25, 0.3) is 11.8 Å². The first-order valence-corrected chi connectivity index (χ1v) is 7.87. The van der Waals surface area contributed by atoms with Gasteiger partial charge in [-0.15, -0.1) is 11.3 Å². The van der Waals surface area contributed by atoms with Crippen molar-refractivity contribution in [3.05, 3.63) is 51.5 Å². The minimum absolute atomic E-state index is 0.0507. The molecule has 2 amide bonds. The van der Waals surface area contributed by atoms with Gasteiger partial charge < -0.3 is 10.6 Å². The van der Waals surface area contributed by atoms with Crippen LogP contribution in [0.25, 0.3) is 0 Å². The lowest BCUT2D eigenvalue weighted by molar-refractivity contribution is 0.0948. The van der Waals surface area contributed by atoms with E-state index in [1.165, 1.54) is 11.3 Å². The fourth-order valence-electron chi connectivity index (χ4n) is 1.98. The Morgan fingerprint density at radius 1 is 1.23 bits per heavy atom. The second-order valence-corrected chi connectivity index (χ2v) is 6.05. The van der Waals surface area contributed by atoms with Crippen LogP contribution >= 0.6 is 11.3 Å². The van der Waals surface area contributed by atoms with E-state index in [2.05, 4.69) is 15.6 Å². The third kappa shape index (κ3) is 3.71. The van der Waals surface area contributed by atoms with Gasteiger partial charge in [-0.05, 0) is 19.1 Å². The highest BCUT2D eigenvalue weighted by atomic mass is 32.1. The number of benzene rings is 1. The molecule has 6 heteroatoms. The Balaban J connectivity index is 1.99. The fourth-order valence-corrected chi connectivity index (χ4v) is 3.04. The van der Waals surface area contributed by atoms with Crippen LogP contribution in [0.4, 0.5) is 0 Å². The first-order valence-electron chi connectivity index (χ1n) is 7.05. The molecule has 0 saturated heterocycles. The average molecular weight is 317 g/mol. The van der Waals surface area contributed by atoms with Gasteiger partial charge >= 0.3 is 0 Å². The molecule has 0 bridgehead atoms. The summed E-state index contributed by atoms with van der Waals surface area (Å²) < 4.78 is 0. The number of thiazole rings is 1. The van der Waals surface area contributed by atoms with Crippen molar-refractivity contribution in [2.24, 2.45) is 0 Å². The van der Waals surface area contributed by atoms with Crippen molar-refractivity contribution < 1.29 is 9.59 Å². The van der Waals surface area contributed by atoms with E-state index >= 15 is 0 Å². The van der Waals surface area contributed by atoms with E-state index in [4.69, 9.17) is 0 Å². The van der Waals surface area contributed by atoms with Crippen molar-refractivity contribution >= 4 is 23.2 Å². The van der Waals surface area contributed by atoms with E-state index < -0.39 is 0 Å². The minimum atomic E-state index is -0.123. The van der Waals surface area contributed by atoms with Crippen LogP contribution in [0, 0.1) is 6.92 Å². The monoisotopic (exact) mass is 317 g/mol. The van der Waals surface area contributed by atoms with E-state index in [-0.39, 0.29) is 17.7 Å². The summed E-state index contributed by atoms with van der Waals surface area (Å²) in [5.41, 5.74) is 1.36. The summed E-state index contributed by atoms with van der Waals surface area (Å²) in [6, 6.07) is 9.09. The Bertz CT molecular complexity index is 667. The van der Waals surface area contributed by atoms with Gasteiger partial charge in [0.05, 0.1) is 10.7 Å². The summed E-state index contributed by atoms with van der Waals surface area (Å²) in [6.45, 7) is 4.28. The van der Waals surface area contributed by atoms with Crippen LogP contribution in [0.2, 0.25) is 0 Å². The lowest BCUT2D eigenvalue weighted by Gasteiger charge is -2.10. The second-order valence-electron chi connectivity index (χ2n) is 5.02. The Morgan fingerprint density at radius 3 is 2.55 bits per heavy atom. The molecule has 1 aromatic heterocycles. The van der Waals surface area contributed by atoms with E-state index in [9.17, 15) is 9.59 Å². The Morgan fingerprint density at radius 2 is 1.91 bits per heavy atom. The highest BCUT2D eigenvalue weighted by molar-refractivity contribution is 7.13. The first kappa shape index (κ1) is 16.2. The lowest BCUT2D eigenvalue weighted by atomic mass is 10.1. The number of hydrogen-bond donors (Lipinski definition) is 2. The van der Waals surface area contributed by atoms with Crippen molar-refractivity contribution in [2.45, 2.75) is 19.8 Å². The molecule has 0 aliphatic carbocycles. The molecule has 1 aromatic carbocycles. The van der Waals surface area contributed by atoms with E-state index in [1.54, 1.807) is 19.2 Å². The topological polar surface area (TPSA) is 71.1 Å². The zero-order valence-electron chi connectivity index (χ0n) is 12.8. The van der Waals surface area contributed by atoms with Crippen LogP contribution in [0.15, 0.2) is 30.3 Å². The fraction of sp³-hybridized carbons (Fsp3) is 0.312. The van der Waals surface area contributed by atoms with Gasteiger partial charge in [0, 0.05) is 25.1 Å². The predicted octanol–water partition coefficient (Wildman–Crippen LogP) is 2.34. The average Bonchev–Trinajstić information content (AvgIpc) is 2.94. The van der Waals surface area contributed by atoms with Gasteiger partial charge in [0.1, 0.15) is 4.88 Å². The Hall–Kier alpha value is -2.21. The number of aromatic nitrogens is 1. The van der Waals surface area contributed by atoms with Gasteiger partial charge in [0.2, 0.25) is 0 Å². The molecule has 0 aliphatic rings. The maximum absolute atomic E-state index is 12.0. The number of carbonyl (C=O) groups excluding carboxylic acids is 2. The van der Waals surface area contributed by atoms with E-state index in [1.807, 2.05) is 32.0 Å². The summed E-state index contributed by atoms with van der Waals surface area (Å²) in [7, 11) is 1.60. The molecule has 2 rings (SSSR count). The lowest BCUT2D eigenvalue weighted by Crippen LogP contribution is -2.27. The second kappa shape index (κ2) is 7.17. The van der Waals surface area contributed by atoms with E-state index in [0.717, 1.165) is 10.7 Å². The summed E-state index contributed by atoms with van der Waals surface area (Å²) in [5.74, 6) is -0.177. The maximum Gasteiger partial charge on any atom is 0.263 e. The van der Waals surface area contributed by atoms with Crippen LogP contribution in [0.3, 0.4) is 0 Å². The minimum Gasteiger partial charge on any atom is -0.354 e. The van der Waals surface area contributed by atoms with Gasteiger partial charge in [-0.2, -0.15) is 0 Å². The summed E-state index contributed by atoms with van der Waals surface area (Å²) in [4.78, 5) is 28.8. The Kier molecular flexibility index (Phi) is 5.27. The van der Waals surface area contributed by atoms with Crippen LogP contribution in [0.5, 0.6) is 0 Å². The molecular weight excluding hydrogens is 298 g/mol. The number of amides is 2. The quantitative estimate of drug-likeness (QED) is 0.889. The molecule has 1 heterocycles. The highest BCUT2D eigenvalue weighted by Crippen LogP contribution is 2.24. The standard InChI is InChI=1S/C16H19N3O2S/c1-10(9-18-14(20)12-7-5-4-6-8-12)16-19-11(2)13(22-16)15(21)17-3/h4-8,10H,9H2,1-3H3,(H,17,21)(H,18,20)/t10-/m1/s1. The maximum atomic E-state index is 12.0. The Labute approximate surface area is 133 Å². The summed E-state index contributed by atoms with van der Waals surface area (Å²) in [5, 5.41) is 6.36. The number of carbonyl (C=O) groups is 2. The summed E-state index contributed by atoms with van der Waals surface area (Å²) in [6.07, 6.45) is 0. The number of nitrogens with zero attached hydrogens (tertiary/aromatic N) is 1. The van der Waals surface area contributed by atoms with Crippen molar-refractivity contribution in [2.75, 3.05) is 13.6 Å². The molecule has 0 saturated carbocycles. The molecule has 5 nitrogen and oxygen atoms in total. The van der Waals surface area contributed by atoms with Crippen LogP contribution in [0.1, 0.15) is 43.6 Å². The normalized spacial score (nSPS) is 11.8. The van der Waals surface area contributed by atoms with Crippen molar-refractivity contribution in [3.63, 3.8) is 0 Å². The number of hydrogen-bond acceptors (Lipinski definition) is 4. The molecular formula is C16H19N3O2S. The first-order chi connectivity index (χ1) is 10.5. The SMILES string of the molecule is CNC(=O)c1sc([C@H](C)CNC(=O)c2ccccc2)nc1C. The molecule has 0 unspecified atom stereocenters. The third-order valence-electron chi connectivity index (χ3n) is 3.27. The van der Waals surface area contributed by atoms with Crippen molar-refractivity contribution in [1.82, 2.24) is 15.6 Å². The summed E-state index contributed by atoms with van der Waals surface area (Å²) >= 11 is 1.37. The molecule has 1 atom stereocenters. The molecule has 0 aliphatic heterocycles. The van der Waals surface area contributed by atoms with Crippen LogP contribution < -0.4 is 10.6 Å². The zero-order valence-corrected chi connectivity index (χ0v) is 13.7. The molecule has 2 aromatic rings. The van der Waals surface area contributed by atoms with Crippen molar-refractivity contribution in [1.29, 1.82) is 0 Å². The van der Waals surface area contributed by atoms with Crippen LogP contribution in [-0.2, 0) is 0 Å². The zero-order chi connectivity index (χ0) is 16.1. The van der Waals surface area contributed by atoms with Crippen molar-refractivity contribution in [3.8, 4) is 0 Å². The molecule has 0 fully saturated rings. The molecule has 0 spiro atoms. The van der Waals surface area contributed by atoms with Gasteiger partial charge in [0.15, 0.2) is 0 Å². The molecule has 116 valence electrons. The third-order valence-corrected chi connectivity index (χ3v) is 4.66. The molecule has 2 N–H and O–H groups in total. The van der Waals surface area contributed by atoms with Gasteiger partial charge in [-0.1, -0.05) is 25.1 Å². The number of aryl methyl sites for hydroxylation is 1. The number of nitrogens with one attached hydrogen (secondary N) is 2. The highest BCUT2D eigenvalue weighted by Gasteiger charge is 2.18. The van der Waals surface area contributed by atoms with Gasteiger partial charge in [-0.3, -0.25) is 9.59 Å². The number of rotatable bonds is 5. The molecule has 0 radical (unpaired) electrons. The van der Waals surface area contributed by atoms with Crippen LogP contribution in [-0.4, -0.2) is 30.4 Å². The predicted molar refractivity (Wildman–Crippen MR) is 87.4 cm³/mol.